The number of alkyl halides is 1. The lowest BCUT2D eigenvalue weighted by atomic mass is 10.1. The Morgan fingerprint density at radius 3 is 2.44 bits per heavy atom. The molecule has 0 saturated carbocycles. The molecule has 0 aliphatic carbocycles. The first-order valence-electron chi connectivity index (χ1n) is 5.21. The van der Waals surface area contributed by atoms with Gasteiger partial charge in [-0.05, 0) is 31.5 Å². The van der Waals surface area contributed by atoms with Crippen LogP contribution in [0.1, 0.15) is 25.5 Å². The molecule has 0 radical (unpaired) electrons. The first kappa shape index (κ1) is 13.5. The summed E-state index contributed by atoms with van der Waals surface area (Å²) in [5.41, 5.74) is 1.11. The molecule has 0 spiro atoms. The molecule has 0 aliphatic heterocycles. The Balaban J connectivity index is 2.86. The fourth-order valence-electron chi connectivity index (χ4n) is 1.66. The lowest BCUT2D eigenvalue weighted by Gasteiger charge is -2.27. The van der Waals surface area contributed by atoms with E-state index in [1.807, 2.05) is 38.1 Å². The van der Waals surface area contributed by atoms with Crippen molar-refractivity contribution >= 4 is 33.4 Å². The molecule has 88 valence electrons. The molecule has 4 heteroatoms. The van der Waals surface area contributed by atoms with E-state index < -0.39 is 0 Å². The van der Waals surface area contributed by atoms with Crippen molar-refractivity contribution in [3.8, 4) is 0 Å². The standard InChI is InChI=1S/C12H15BrClNO/c1-3-15(12(16)8-14)9(2)10-4-6-11(13)7-5-10/h4-7,9H,3,8H2,1-2H3/t9-/m1/s1. The van der Waals surface area contributed by atoms with Gasteiger partial charge in [0.15, 0.2) is 0 Å². The number of hydrogen-bond donors (Lipinski definition) is 0. The number of carbonyl (C=O) groups excluding carboxylic acids is 1. The SMILES string of the molecule is CCN(C(=O)CCl)[C@H](C)c1ccc(Br)cc1. The van der Waals surface area contributed by atoms with E-state index >= 15 is 0 Å². The quantitative estimate of drug-likeness (QED) is 0.778. The smallest absolute Gasteiger partial charge is 0.237 e. The zero-order valence-corrected chi connectivity index (χ0v) is 11.8. The van der Waals surface area contributed by atoms with Gasteiger partial charge in [0.1, 0.15) is 5.88 Å². The summed E-state index contributed by atoms with van der Waals surface area (Å²) >= 11 is 8.97. The highest BCUT2D eigenvalue weighted by molar-refractivity contribution is 9.10. The maximum absolute atomic E-state index is 11.6. The minimum atomic E-state index is -0.0282. The van der Waals surface area contributed by atoms with E-state index in [1.54, 1.807) is 4.90 Å². The predicted octanol–water partition coefficient (Wildman–Crippen LogP) is 3.60. The van der Waals surface area contributed by atoms with Crippen LogP contribution < -0.4 is 0 Å². The Morgan fingerprint density at radius 2 is 2.00 bits per heavy atom. The van der Waals surface area contributed by atoms with E-state index in [0.717, 1.165) is 10.0 Å². The van der Waals surface area contributed by atoms with Crippen molar-refractivity contribution in [2.24, 2.45) is 0 Å². The molecule has 1 amide bonds. The van der Waals surface area contributed by atoms with Gasteiger partial charge in [0, 0.05) is 11.0 Å². The number of rotatable bonds is 4. The summed E-state index contributed by atoms with van der Waals surface area (Å²) in [5, 5.41) is 0. The van der Waals surface area contributed by atoms with Crippen LogP contribution in [0.15, 0.2) is 28.7 Å². The minimum absolute atomic E-state index is 0.0282. The molecule has 1 rings (SSSR count). The molecule has 2 nitrogen and oxygen atoms in total. The summed E-state index contributed by atoms with van der Waals surface area (Å²) in [5.74, 6) is 0.00826. The molecule has 0 unspecified atom stereocenters. The normalized spacial score (nSPS) is 12.2. The summed E-state index contributed by atoms with van der Waals surface area (Å²) in [6.45, 7) is 4.64. The molecule has 0 saturated heterocycles. The molecule has 16 heavy (non-hydrogen) atoms. The maximum Gasteiger partial charge on any atom is 0.237 e. The molecule has 0 aromatic heterocycles. The van der Waals surface area contributed by atoms with E-state index in [0.29, 0.717) is 6.54 Å². The predicted molar refractivity (Wildman–Crippen MR) is 70.7 cm³/mol. The minimum Gasteiger partial charge on any atom is -0.335 e. The second-order valence-electron chi connectivity index (χ2n) is 3.54. The second kappa shape index (κ2) is 6.26. The fraction of sp³-hybridized carbons (Fsp3) is 0.417. The van der Waals surface area contributed by atoms with Crippen LogP contribution in [0, 0.1) is 0 Å². The lowest BCUT2D eigenvalue weighted by Crippen LogP contribution is -2.34. The van der Waals surface area contributed by atoms with E-state index in [4.69, 9.17) is 11.6 Å². The van der Waals surface area contributed by atoms with Crippen LogP contribution in [-0.4, -0.2) is 23.2 Å². The van der Waals surface area contributed by atoms with E-state index in [1.165, 1.54) is 0 Å². The number of nitrogens with zero attached hydrogens (tertiary/aromatic N) is 1. The van der Waals surface area contributed by atoms with Gasteiger partial charge in [0.2, 0.25) is 5.91 Å². The third-order valence-electron chi connectivity index (χ3n) is 2.60. The maximum atomic E-state index is 11.6. The number of halogens is 2. The Morgan fingerprint density at radius 1 is 1.44 bits per heavy atom. The molecular weight excluding hydrogens is 289 g/mol. The zero-order chi connectivity index (χ0) is 12.1. The first-order valence-corrected chi connectivity index (χ1v) is 6.53. The Kier molecular flexibility index (Phi) is 5.29. The Bertz CT molecular complexity index is 353. The topological polar surface area (TPSA) is 20.3 Å². The number of carbonyl (C=O) groups is 1. The summed E-state index contributed by atoms with van der Waals surface area (Å²) in [7, 11) is 0. The van der Waals surface area contributed by atoms with Crippen LogP contribution in [-0.2, 0) is 4.79 Å². The molecular formula is C12H15BrClNO. The van der Waals surface area contributed by atoms with Gasteiger partial charge in [0.25, 0.3) is 0 Å². The molecule has 0 N–H and O–H groups in total. The van der Waals surface area contributed by atoms with Crippen molar-refractivity contribution in [3.05, 3.63) is 34.3 Å². The van der Waals surface area contributed by atoms with Crippen LogP contribution >= 0.6 is 27.5 Å². The van der Waals surface area contributed by atoms with Crippen molar-refractivity contribution < 1.29 is 4.79 Å². The van der Waals surface area contributed by atoms with Crippen molar-refractivity contribution in [2.75, 3.05) is 12.4 Å². The zero-order valence-electron chi connectivity index (χ0n) is 9.41. The van der Waals surface area contributed by atoms with Gasteiger partial charge >= 0.3 is 0 Å². The second-order valence-corrected chi connectivity index (χ2v) is 4.72. The van der Waals surface area contributed by atoms with Crippen molar-refractivity contribution in [1.82, 2.24) is 4.90 Å². The molecule has 0 aliphatic rings. The Hall–Kier alpha value is -0.540. The third kappa shape index (κ3) is 3.22. The van der Waals surface area contributed by atoms with Gasteiger partial charge in [-0.1, -0.05) is 28.1 Å². The van der Waals surface area contributed by atoms with Crippen LogP contribution in [0.25, 0.3) is 0 Å². The average Bonchev–Trinajstić information content (AvgIpc) is 2.30. The molecule has 0 bridgehead atoms. The van der Waals surface area contributed by atoms with Gasteiger partial charge in [-0.3, -0.25) is 4.79 Å². The van der Waals surface area contributed by atoms with Crippen LogP contribution in [0.4, 0.5) is 0 Å². The van der Waals surface area contributed by atoms with Crippen molar-refractivity contribution in [1.29, 1.82) is 0 Å². The van der Waals surface area contributed by atoms with Crippen molar-refractivity contribution in [2.45, 2.75) is 19.9 Å². The largest absolute Gasteiger partial charge is 0.335 e. The number of hydrogen-bond acceptors (Lipinski definition) is 1. The van der Waals surface area contributed by atoms with Crippen molar-refractivity contribution in [3.63, 3.8) is 0 Å². The number of benzene rings is 1. The summed E-state index contributed by atoms with van der Waals surface area (Å²) < 4.78 is 1.04. The molecule has 0 fully saturated rings. The molecule has 1 aromatic carbocycles. The van der Waals surface area contributed by atoms with E-state index in [9.17, 15) is 4.79 Å². The van der Waals surface area contributed by atoms with Crippen LogP contribution in [0.3, 0.4) is 0 Å². The molecule has 0 heterocycles. The fourth-order valence-corrected chi connectivity index (χ4v) is 2.08. The highest BCUT2D eigenvalue weighted by atomic mass is 79.9. The Labute approximate surface area is 110 Å². The van der Waals surface area contributed by atoms with Crippen LogP contribution in [0.2, 0.25) is 0 Å². The summed E-state index contributed by atoms with van der Waals surface area (Å²) in [4.78, 5) is 13.4. The van der Waals surface area contributed by atoms with Gasteiger partial charge in [0.05, 0.1) is 6.04 Å². The van der Waals surface area contributed by atoms with Gasteiger partial charge in [-0.25, -0.2) is 0 Å². The number of amides is 1. The van der Waals surface area contributed by atoms with E-state index in [-0.39, 0.29) is 17.8 Å². The third-order valence-corrected chi connectivity index (χ3v) is 3.35. The lowest BCUT2D eigenvalue weighted by molar-refractivity contribution is -0.130. The first-order chi connectivity index (χ1) is 7.60. The molecule has 1 atom stereocenters. The summed E-state index contributed by atoms with van der Waals surface area (Å²) in [6, 6.07) is 8.04. The van der Waals surface area contributed by atoms with Gasteiger partial charge in [-0.2, -0.15) is 0 Å². The van der Waals surface area contributed by atoms with Crippen LogP contribution in [0.5, 0.6) is 0 Å². The highest BCUT2D eigenvalue weighted by Gasteiger charge is 2.18. The summed E-state index contributed by atoms with van der Waals surface area (Å²) in [6.07, 6.45) is 0. The monoisotopic (exact) mass is 303 g/mol. The van der Waals surface area contributed by atoms with Gasteiger partial charge in [-0.15, -0.1) is 11.6 Å². The molecule has 1 aromatic rings. The van der Waals surface area contributed by atoms with E-state index in [2.05, 4.69) is 15.9 Å². The van der Waals surface area contributed by atoms with Gasteiger partial charge < -0.3 is 4.90 Å². The average molecular weight is 305 g/mol. The highest BCUT2D eigenvalue weighted by Crippen LogP contribution is 2.22.